The van der Waals surface area contributed by atoms with Gasteiger partial charge in [0.15, 0.2) is 18.1 Å². The molecule has 2 aromatic rings. The van der Waals surface area contributed by atoms with Gasteiger partial charge in [0, 0.05) is 10.6 Å². The fourth-order valence-electron chi connectivity index (χ4n) is 1.97. The lowest BCUT2D eigenvalue weighted by molar-refractivity contribution is -0.118. The Labute approximate surface area is 168 Å². The summed E-state index contributed by atoms with van der Waals surface area (Å²) in [7, 11) is 0. The molecule has 5 nitrogen and oxygen atoms in total. The molecule has 0 bridgehead atoms. The van der Waals surface area contributed by atoms with Crippen LogP contribution in [0.3, 0.4) is 0 Å². The number of nitrogens with one attached hydrogen (secondary N) is 1. The van der Waals surface area contributed by atoms with Gasteiger partial charge >= 0.3 is 0 Å². The van der Waals surface area contributed by atoms with Crippen molar-refractivity contribution >= 4 is 63.7 Å². The number of benzene rings is 2. The summed E-state index contributed by atoms with van der Waals surface area (Å²) in [6.45, 7) is 1.98. The van der Waals surface area contributed by atoms with E-state index in [0.717, 1.165) is 6.29 Å². The molecule has 0 aliphatic rings. The van der Waals surface area contributed by atoms with Crippen molar-refractivity contribution in [1.29, 1.82) is 0 Å². The Bertz CT molecular complexity index is 798. The summed E-state index contributed by atoms with van der Waals surface area (Å²) >= 11 is 13.9. The van der Waals surface area contributed by atoms with Crippen molar-refractivity contribution in [2.45, 2.75) is 6.92 Å². The highest BCUT2D eigenvalue weighted by atomic mass is 127. The van der Waals surface area contributed by atoms with Crippen LogP contribution in [0.1, 0.15) is 17.3 Å². The van der Waals surface area contributed by atoms with Crippen LogP contribution < -0.4 is 14.8 Å². The lowest BCUT2D eigenvalue weighted by Gasteiger charge is -2.14. The minimum absolute atomic E-state index is 0.241. The van der Waals surface area contributed by atoms with Gasteiger partial charge in [-0.15, -0.1) is 0 Å². The average molecular weight is 494 g/mol. The summed E-state index contributed by atoms with van der Waals surface area (Å²) in [5.74, 6) is 0.432. The maximum atomic E-state index is 12.1. The third kappa shape index (κ3) is 5.49. The van der Waals surface area contributed by atoms with Crippen molar-refractivity contribution < 1.29 is 19.1 Å². The van der Waals surface area contributed by atoms with Crippen molar-refractivity contribution in [2.75, 3.05) is 18.5 Å². The van der Waals surface area contributed by atoms with Crippen LogP contribution in [-0.2, 0) is 4.79 Å². The Morgan fingerprint density at radius 3 is 2.64 bits per heavy atom. The van der Waals surface area contributed by atoms with E-state index in [1.54, 1.807) is 24.3 Å². The molecule has 0 unspecified atom stereocenters. The van der Waals surface area contributed by atoms with E-state index >= 15 is 0 Å². The van der Waals surface area contributed by atoms with Gasteiger partial charge in [-0.2, -0.15) is 0 Å². The molecule has 0 spiro atoms. The minimum atomic E-state index is -0.387. The number of hydrogen-bond acceptors (Lipinski definition) is 4. The molecule has 0 saturated heterocycles. The number of aldehydes is 1. The number of carbonyl (C=O) groups is 2. The Kier molecular flexibility index (Phi) is 7.34. The second-order valence-corrected chi connectivity index (χ2v) is 6.85. The standard InChI is InChI=1S/C17H14Cl2INO4/c1-2-24-15-6-10(8-22)5-13(20)17(15)25-9-16(23)21-14-4-3-11(18)7-12(14)19/h3-8H,2,9H2,1H3,(H,21,23). The van der Waals surface area contributed by atoms with E-state index < -0.39 is 0 Å². The summed E-state index contributed by atoms with van der Waals surface area (Å²) in [4.78, 5) is 23.1. The van der Waals surface area contributed by atoms with Crippen LogP contribution in [0, 0.1) is 3.57 Å². The highest BCUT2D eigenvalue weighted by Gasteiger charge is 2.14. The van der Waals surface area contributed by atoms with E-state index in [9.17, 15) is 9.59 Å². The van der Waals surface area contributed by atoms with E-state index in [2.05, 4.69) is 5.32 Å². The van der Waals surface area contributed by atoms with Crippen LogP contribution in [0.4, 0.5) is 5.69 Å². The van der Waals surface area contributed by atoms with E-state index in [0.29, 0.717) is 43.0 Å². The fourth-order valence-corrected chi connectivity index (χ4v) is 3.21. The van der Waals surface area contributed by atoms with Crippen LogP contribution in [0.2, 0.25) is 10.0 Å². The van der Waals surface area contributed by atoms with Crippen LogP contribution >= 0.6 is 45.8 Å². The van der Waals surface area contributed by atoms with E-state index in [-0.39, 0.29) is 12.5 Å². The molecule has 0 aliphatic heterocycles. The Morgan fingerprint density at radius 2 is 2.00 bits per heavy atom. The zero-order valence-corrected chi connectivity index (χ0v) is 16.8. The highest BCUT2D eigenvalue weighted by molar-refractivity contribution is 14.1. The normalized spacial score (nSPS) is 10.2. The number of anilines is 1. The summed E-state index contributed by atoms with van der Waals surface area (Å²) < 4.78 is 11.7. The number of ether oxygens (including phenoxy) is 2. The third-order valence-electron chi connectivity index (χ3n) is 3.02. The Hall–Kier alpha value is -1.51. The van der Waals surface area contributed by atoms with Gasteiger partial charge in [-0.3, -0.25) is 9.59 Å². The Balaban J connectivity index is 2.09. The molecule has 2 aromatic carbocycles. The number of halogens is 3. The highest BCUT2D eigenvalue weighted by Crippen LogP contribution is 2.34. The lowest BCUT2D eigenvalue weighted by Crippen LogP contribution is -2.21. The topological polar surface area (TPSA) is 64.6 Å². The first kappa shape index (κ1) is 19.8. The molecule has 0 radical (unpaired) electrons. The summed E-state index contributed by atoms with van der Waals surface area (Å²) in [5.41, 5.74) is 0.910. The first-order valence-corrected chi connectivity index (χ1v) is 9.07. The number of carbonyl (C=O) groups excluding carboxylic acids is 2. The van der Waals surface area contributed by atoms with Gasteiger partial charge in [0.1, 0.15) is 6.29 Å². The molecule has 8 heteroatoms. The molecule has 0 aromatic heterocycles. The largest absolute Gasteiger partial charge is 0.490 e. The predicted octanol–water partition coefficient (Wildman–Crippen LogP) is 4.83. The second-order valence-electron chi connectivity index (χ2n) is 4.84. The van der Waals surface area contributed by atoms with E-state index in [1.165, 1.54) is 6.07 Å². The second kappa shape index (κ2) is 9.26. The molecule has 0 heterocycles. The molecule has 25 heavy (non-hydrogen) atoms. The zero-order valence-electron chi connectivity index (χ0n) is 13.1. The third-order valence-corrected chi connectivity index (χ3v) is 4.37. The maximum Gasteiger partial charge on any atom is 0.262 e. The van der Waals surface area contributed by atoms with Crippen molar-refractivity contribution in [3.8, 4) is 11.5 Å². The molecule has 132 valence electrons. The number of hydrogen-bond donors (Lipinski definition) is 1. The van der Waals surface area contributed by atoms with Gasteiger partial charge < -0.3 is 14.8 Å². The van der Waals surface area contributed by atoms with E-state index in [1.807, 2.05) is 29.5 Å². The van der Waals surface area contributed by atoms with Crippen LogP contribution in [-0.4, -0.2) is 25.4 Å². The quantitative estimate of drug-likeness (QED) is 0.443. The van der Waals surface area contributed by atoms with Gasteiger partial charge in [0.25, 0.3) is 5.91 Å². The molecule has 0 saturated carbocycles. The van der Waals surface area contributed by atoms with Gasteiger partial charge in [0.05, 0.1) is 20.9 Å². The Morgan fingerprint density at radius 1 is 1.24 bits per heavy atom. The van der Waals surface area contributed by atoms with Crippen molar-refractivity contribution in [3.05, 3.63) is 49.5 Å². The number of amides is 1. The smallest absolute Gasteiger partial charge is 0.262 e. The van der Waals surface area contributed by atoms with Gasteiger partial charge in [-0.1, -0.05) is 23.2 Å². The molecule has 1 N–H and O–H groups in total. The van der Waals surface area contributed by atoms with Crippen molar-refractivity contribution in [3.63, 3.8) is 0 Å². The predicted molar refractivity (Wildman–Crippen MR) is 106 cm³/mol. The van der Waals surface area contributed by atoms with Crippen LogP contribution in [0.5, 0.6) is 11.5 Å². The first-order chi connectivity index (χ1) is 11.9. The van der Waals surface area contributed by atoms with Crippen molar-refractivity contribution in [2.24, 2.45) is 0 Å². The fraction of sp³-hybridized carbons (Fsp3) is 0.176. The van der Waals surface area contributed by atoms with Gasteiger partial charge in [-0.05, 0) is 59.8 Å². The number of rotatable bonds is 7. The maximum absolute atomic E-state index is 12.1. The van der Waals surface area contributed by atoms with Gasteiger partial charge in [-0.25, -0.2) is 0 Å². The molecule has 0 atom stereocenters. The molecular weight excluding hydrogens is 480 g/mol. The zero-order chi connectivity index (χ0) is 18.4. The molecule has 0 aliphatic carbocycles. The first-order valence-electron chi connectivity index (χ1n) is 7.23. The summed E-state index contributed by atoms with van der Waals surface area (Å²) in [6, 6.07) is 7.99. The summed E-state index contributed by atoms with van der Waals surface area (Å²) in [5, 5.41) is 3.46. The van der Waals surface area contributed by atoms with Gasteiger partial charge in [0.2, 0.25) is 0 Å². The lowest BCUT2D eigenvalue weighted by atomic mass is 10.2. The molecule has 2 rings (SSSR count). The average Bonchev–Trinajstić information content (AvgIpc) is 2.56. The monoisotopic (exact) mass is 493 g/mol. The van der Waals surface area contributed by atoms with E-state index in [4.69, 9.17) is 32.7 Å². The van der Waals surface area contributed by atoms with Crippen molar-refractivity contribution in [1.82, 2.24) is 0 Å². The van der Waals surface area contributed by atoms with Crippen LogP contribution in [0.25, 0.3) is 0 Å². The van der Waals surface area contributed by atoms with Crippen LogP contribution in [0.15, 0.2) is 30.3 Å². The SMILES string of the molecule is CCOc1cc(C=O)cc(I)c1OCC(=O)Nc1ccc(Cl)cc1Cl. The summed E-state index contributed by atoms with van der Waals surface area (Å²) in [6.07, 6.45) is 0.726. The molecular formula is C17H14Cl2INO4. The minimum Gasteiger partial charge on any atom is -0.490 e. The molecule has 1 amide bonds. The molecule has 0 fully saturated rings.